The van der Waals surface area contributed by atoms with Crippen LogP contribution in [0.15, 0.2) is 41.3 Å². The topological polar surface area (TPSA) is 133 Å². The van der Waals surface area contributed by atoms with Crippen LogP contribution in [0.5, 0.6) is 0 Å². The summed E-state index contributed by atoms with van der Waals surface area (Å²) >= 11 is 6.27. The molecule has 2 bridgehead atoms. The highest BCUT2D eigenvalue weighted by Crippen LogP contribution is 2.53. The molecule has 3 saturated carbocycles. The Hall–Kier alpha value is -2.60. The van der Waals surface area contributed by atoms with Gasteiger partial charge in [0, 0.05) is 23.4 Å². The molecule has 210 valence electrons. The summed E-state index contributed by atoms with van der Waals surface area (Å²) in [6, 6.07) is 6.54. The molecule has 2 atom stereocenters. The minimum Gasteiger partial charge on any atom is -0.393 e. The second-order valence-electron chi connectivity index (χ2n) is 10.9. The summed E-state index contributed by atoms with van der Waals surface area (Å²) in [7, 11) is -4.02. The molecule has 2 aromatic carbocycles. The first-order chi connectivity index (χ1) is 18.4. The van der Waals surface area contributed by atoms with E-state index < -0.39 is 56.2 Å². The van der Waals surface area contributed by atoms with Crippen LogP contribution in [-0.4, -0.2) is 53.4 Å². The summed E-state index contributed by atoms with van der Waals surface area (Å²) in [5, 5.41) is 25.2. The number of hydrogen-bond donors (Lipinski definition) is 4. The van der Waals surface area contributed by atoms with Gasteiger partial charge in [0.2, 0.25) is 5.91 Å². The smallest absolute Gasteiger partial charge is 0.255 e. The third-order valence-corrected chi connectivity index (χ3v) is 11.1. The zero-order chi connectivity index (χ0) is 28.1. The number of carbonyl (C=O) groups excluding carboxylic acids is 2. The van der Waals surface area contributed by atoms with Gasteiger partial charge < -0.3 is 20.8 Å². The molecule has 4 N–H and O–H groups in total. The Labute approximate surface area is 229 Å². The normalized spacial score (nSPS) is 29.9. The van der Waals surface area contributed by atoms with Crippen LogP contribution in [-0.2, 0) is 14.6 Å². The molecule has 0 heterocycles. The maximum Gasteiger partial charge on any atom is 0.255 e. The van der Waals surface area contributed by atoms with Crippen LogP contribution >= 0.6 is 11.6 Å². The minimum atomic E-state index is -4.02. The van der Waals surface area contributed by atoms with Crippen molar-refractivity contribution in [3.63, 3.8) is 0 Å². The van der Waals surface area contributed by atoms with Crippen molar-refractivity contribution in [3.05, 3.63) is 58.6 Å². The minimum absolute atomic E-state index is 0.000998. The first-order valence-corrected chi connectivity index (χ1v) is 14.8. The van der Waals surface area contributed by atoms with Gasteiger partial charge in [-0.25, -0.2) is 17.2 Å². The molecule has 2 amide bonds. The largest absolute Gasteiger partial charge is 0.393 e. The molecular formula is C27H29ClF2N2O6S. The van der Waals surface area contributed by atoms with E-state index in [1.165, 1.54) is 18.2 Å². The van der Waals surface area contributed by atoms with Gasteiger partial charge in [0.1, 0.15) is 0 Å². The van der Waals surface area contributed by atoms with Gasteiger partial charge in [-0.15, -0.1) is 0 Å². The molecule has 2 unspecified atom stereocenters. The molecule has 0 aliphatic heterocycles. The van der Waals surface area contributed by atoms with Crippen LogP contribution < -0.4 is 10.6 Å². The fourth-order valence-corrected chi connectivity index (χ4v) is 8.61. The van der Waals surface area contributed by atoms with Crippen LogP contribution in [0.25, 0.3) is 0 Å². The van der Waals surface area contributed by atoms with Crippen molar-refractivity contribution < 1.29 is 37.0 Å². The van der Waals surface area contributed by atoms with Gasteiger partial charge in [-0.3, -0.25) is 9.59 Å². The molecule has 8 nitrogen and oxygen atoms in total. The number of benzene rings is 2. The lowest BCUT2D eigenvalue weighted by atomic mass is 9.72. The molecule has 12 heteroatoms. The van der Waals surface area contributed by atoms with Crippen LogP contribution in [0.1, 0.15) is 55.3 Å². The lowest BCUT2D eigenvalue weighted by Gasteiger charge is -2.42. The molecular weight excluding hydrogens is 554 g/mol. The lowest BCUT2D eigenvalue weighted by Crippen LogP contribution is -2.53. The number of hydrogen-bond acceptors (Lipinski definition) is 6. The number of anilines is 1. The molecule has 0 saturated heterocycles. The van der Waals surface area contributed by atoms with Crippen molar-refractivity contribution in [1.29, 1.82) is 0 Å². The number of amides is 2. The van der Waals surface area contributed by atoms with Gasteiger partial charge >= 0.3 is 0 Å². The van der Waals surface area contributed by atoms with E-state index in [2.05, 4.69) is 10.6 Å². The fourth-order valence-electron chi connectivity index (χ4n) is 6.21. The summed E-state index contributed by atoms with van der Waals surface area (Å²) in [4.78, 5) is 25.1. The van der Waals surface area contributed by atoms with Crippen molar-refractivity contribution in [2.45, 2.75) is 72.8 Å². The molecule has 0 spiro atoms. The molecule has 2 aromatic rings. The standard InChI is InChI=1S/C27H29ClF2N2O6S/c28-21-5-1-14(26(35)32-17-4-6-22(29)23(30)12-17)7-24(21)39(37,38)20-8-15-2-3-16(9-20)27(15,36)13-25(34)31-18-10-19(33)11-18/h1,4-7,12,15-16,18-20,33,36H,2-3,8-11,13H2,(H,31,34)(H,32,35)/t15?,16?,18?,19?,20-,27-. The molecule has 3 aliphatic carbocycles. The summed E-state index contributed by atoms with van der Waals surface area (Å²) in [5.41, 5.74) is -1.34. The van der Waals surface area contributed by atoms with Gasteiger partial charge in [-0.05, 0) is 80.7 Å². The van der Waals surface area contributed by atoms with Gasteiger partial charge in [-0.2, -0.15) is 0 Å². The van der Waals surface area contributed by atoms with Gasteiger partial charge in [0.05, 0.1) is 33.3 Å². The summed E-state index contributed by atoms with van der Waals surface area (Å²) in [5.74, 6) is -4.04. The summed E-state index contributed by atoms with van der Waals surface area (Å²) in [6.07, 6.45) is 1.89. The third kappa shape index (κ3) is 5.41. The highest BCUT2D eigenvalue weighted by molar-refractivity contribution is 7.92. The van der Waals surface area contributed by atoms with Crippen LogP contribution in [0, 0.1) is 23.5 Å². The number of fused-ring (bicyclic) bond motifs is 2. The van der Waals surface area contributed by atoms with Crippen LogP contribution in [0.2, 0.25) is 5.02 Å². The van der Waals surface area contributed by atoms with Crippen molar-refractivity contribution in [2.75, 3.05) is 5.32 Å². The monoisotopic (exact) mass is 582 g/mol. The highest BCUT2D eigenvalue weighted by Gasteiger charge is 2.56. The number of halogens is 3. The van der Waals surface area contributed by atoms with E-state index in [4.69, 9.17) is 11.6 Å². The van der Waals surface area contributed by atoms with E-state index >= 15 is 0 Å². The lowest BCUT2D eigenvalue weighted by molar-refractivity contribution is -0.134. The molecule has 39 heavy (non-hydrogen) atoms. The zero-order valence-electron chi connectivity index (χ0n) is 20.9. The number of carbonyl (C=O) groups is 2. The van der Waals surface area contributed by atoms with Gasteiger partial charge in [0.25, 0.3) is 5.91 Å². The molecule has 3 aliphatic rings. The molecule has 0 radical (unpaired) electrons. The average Bonchev–Trinajstić information content (AvgIpc) is 3.01. The van der Waals surface area contributed by atoms with E-state index in [0.29, 0.717) is 25.7 Å². The highest BCUT2D eigenvalue weighted by atomic mass is 35.5. The Kier molecular flexibility index (Phi) is 7.47. The SMILES string of the molecule is O=C(C[C@]1(O)C2CCC1C[C@@H](S(=O)(=O)c1cc(C(=O)Nc3ccc(F)c(F)c3)ccc1Cl)C2)NC1CC(O)C1. The Morgan fingerprint density at radius 3 is 2.28 bits per heavy atom. The van der Waals surface area contributed by atoms with Crippen molar-refractivity contribution in [2.24, 2.45) is 11.8 Å². The molecule has 5 rings (SSSR count). The van der Waals surface area contributed by atoms with Crippen molar-refractivity contribution in [1.82, 2.24) is 5.32 Å². The zero-order valence-corrected chi connectivity index (χ0v) is 22.4. The second-order valence-corrected chi connectivity index (χ2v) is 13.5. The van der Waals surface area contributed by atoms with E-state index in [1.54, 1.807) is 0 Å². The number of aliphatic hydroxyl groups excluding tert-OH is 1. The Morgan fingerprint density at radius 1 is 1.00 bits per heavy atom. The van der Waals surface area contributed by atoms with E-state index in [0.717, 1.165) is 18.2 Å². The molecule has 0 aromatic heterocycles. The number of nitrogens with one attached hydrogen (secondary N) is 2. The van der Waals surface area contributed by atoms with Gasteiger partial charge in [0.15, 0.2) is 21.5 Å². The Bertz CT molecular complexity index is 1400. The van der Waals surface area contributed by atoms with Crippen molar-refractivity contribution in [3.8, 4) is 0 Å². The average molecular weight is 583 g/mol. The summed E-state index contributed by atoms with van der Waals surface area (Å²) in [6.45, 7) is 0. The molecule has 3 fully saturated rings. The Balaban J connectivity index is 1.30. The predicted octanol–water partition coefficient (Wildman–Crippen LogP) is 3.59. The van der Waals surface area contributed by atoms with E-state index in [1.807, 2.05) is 0 Å². The number of aliphatic hydroxyl groups is 2. The first-order valence-electron chi connectivity index (χ1n) is 12.9. The van der Waals surface area contributed by atoms with Crippen molar-refractivity contribution >= 4 is 38.9 Å². The fraction of sp³-hybridized carbons (Fsp3) is 0.481. The van der Waals surface area contributed by atoms with Crippen LogP contribution in [0.3, 0.4) is 0 Å². The predicted molar refractivity (Wildman–Crippen MR) is 139 cm³/mol. The quantitative estimate of drug-likeness (QED) is 0.394. The maximum absolute atomic E-state index is 13.7. The second kappa shape index (κ2) is 10.4. The number of rotatable bonds is 7. The number of sulfone groups is 1. The van der Waals surface area contributed by atoms with Gasteiger partial charge in [-0.1, -0.05) is 11.6 Å². The maximum atomic E-state index is 13.7. The van der Waals surface area contributed by atoms with E-state index in [9.17, 15) is 37.0 Å². The Morgan fingerprint density at radius 2 is 1.67 bits per heavy atom. The summed E-state index contributed by atoms with van der Waals surface area (Å²) < 4.78 is 54.1. The first kappa shape index (κ1) is 27.9. The third-order valence-electron chi connectivity index (χ3n) is 8.41. The van der Waals surface area contributed by atoms with E-state index in [-0.39, 0.29) is 52.4 Å². The van der Waals surface area contributed by atoms with Crippen LogP contribution in [0.4, 0.5) is 14.5 Å².